The quantitative estimate of drug-likeness (QED) is 0.523. The van der Waals surface area contributed by atoms with Crippen molar-refractivity contribution in [2.24, 2.45) is 5.41 Å². The van der Waals surface area contributed by atoms with Crippen LogP contribution < -0.4 is 5.32 Å². The van der Waals surface area contributed by atoms with Gasteiger partial charge in [0.05, 0.1) is 5.56 Å². The Morgan fingerprint density at radius 2 is 1.97 bits per heavy atom. The highest BCUT2D eigenvalue weighted by Crippen LogP contribution is 2.48. The zero-order valence-electron chi connectivity index (χ0n) is 18.4. The minimum absolute atomic E-state index is 0.0285. The van der Waals surface area contributed by atoms with Crippen LogP contribution in [-0.4, -0.2) is 32.4 Å². The largest absolute Gasteiger partial charge is 0.503 e. The van der Waals surface area contributed by atoms with E-state index >= 15 is 0 Å². The molecule has 3 N–H and O–H groups in total. The molecule has 2 heterocycles. The molecule has 8 nitrogen and oxygen atoms in total. The number of amides is 1. The summed E-state index contributed by atoms with van der Waals surface area (Å²) in [6.45, 7) is 4.62. The monoisotopic (exact) mass is 459 g/mol. The lowest BCUT2D eigenvalue weighted by molar-refractivity contribution is -0.113. The lowest BCUT2D eigenvalue weighted by atomic mass is 9.76. The van der Waals surface area contributed by atoms with Gasteiger partial charge in [-0.3, -0.25) is 4.79 Å². The van der Waals surface area contributed by atoms with Crippen LogP contribution in [0, 0.1) is 5.41 Å². The predicted octanol–water partition coefficient (Wildman–Crippen LogP) is 5.85. The fourth-order valence-electron chi connectivity index (χ4n) is 4.31. The van der Waals surface area contributed by atoms with Gasteiger partial charge < -0.3 is 20.1 Å². The van der Waals surface area contributed by atoms with Gasteiger partial charge in [-0.25, -0.2) is 4.79 Å². The predicted molar refractivity (Wildman–Crippen MR) is 121 cm³/mol. The van der Waals surface area contributed by atoms with E-state index in [1.807, 2.05) is 0 Å². The molecule has 0 spiro atoms. The SMILES string of the molecule is CC1(C)CCc2sc(NC(=O)C3=CCCCC3)c(-c3nc(C4CC4)no3)c2C1.O=C(O)O. The van der Waals surface area contributed by atoms with Crippen LogP contribution in [-0.2, 0) is 17.6 Å². The molecule has 1 amide bonds. The molecular formula is C23H29N3O5S. The number of fused-ring (bicyclic) bond motifs is 1. The maximum atomic E-state index is 12.9. The molecule has 172 valence electrons. The molecule has 0 bridgehead atoms. The van der Waals surface area contributed by atoms with Crippen LogP contribution in [0.25, 0.3) is 11.5 Å². The van der Waals surface area contributed by atoms with E-state index in [2.05, 4.69) is 30.4 Å². The van der Waals surface area contributed by atoms with Crippen molar-refractivity contribution in [3.8, 4) is 11.5 Å². The van der Waals surface area contributed by atoms with E-state index in [1.165, 1.54) is 16.9 Å². The number of aryl methyl sites for hydroxylation is 1. The Morgan fingerprint density at radius 1 is 1.22 bits per heavy atom. The zero-order valence-corrected chi connectivity index (χ0v) is 19.3. The Hall–Kier alpha value is -2.68. The van der Waals surface area contributed by atoms with E-state index in [4.69, 9.17) is 24.5 Å². The third kappa shape index (κ3) is 5.20. The Labute approximate surface area is 190 Å². The number of carboxylic acid groups (broad SMARTS) is 2. The number of carbonyl (C=O) groups excluding carboxylic acids is 1. The molecule has 1 fully saturated rings. The summed E-state index contributed by atoms with van der Waals surface area (Å²) in [5.74, 6) is 1.87. The lowest BCUT2D eigenvalue weighted by Gasteiger charge is -2.29. The van der Waals surface area contributed by atoms with Gasteiger partial charge in [-0.05, 0) is 68.8 Å². The van der Waals surface area contributed by atoms with Gasteiger partial charge in [0.15, 0.2) is 5.82 Å². The zero-order chi connectivity index (χ0) is 22.9. The van der Waals surface area contributed by atoms with Gasteiger partial charge in [0.1, 0.15) is 5.00 Å². The van der Waals surface area contributed by atoms with E-state index < -0.39 is 6.16 Å². The average molecular weight is 460 g/mol. The fraction of sp³-hybridized carbons (Fsp3) is 0.565. The number of nitrogens with zero attached hydrogens (tertiary/aromatic N) is 2. The highest BCUT2D eigenvalue weighted by atomic mass is 32.1. The minimum atomic E-state index is -1.83. The summed E-state index contributed by atoms with van der Waals surface area (Å²) in [5.41, 5.74) is 3.42. The number of hydrogen-bond acceptors (Lipinski definition) is 6. The van der Waals surface area contributed by atoms with E-state index in [-0.39, 0.29) is 11.3 Å². The van der Waals surface area contributed by atoms with Crippen molar-refractivity contribution in [3.63, 3.8) is 0 Å². The number of thiophene rings is 1. The van der Waals surface area contributed by atoms with Crippen molar-refractivity contribution in [1.29, 1.82) is 0 Å². The molecule has 0 saturated heterocycles. The van der Waals surface area contributed by atoms with Gasteiger partial charge >= 0.3 is 6.16 Å². The maximum absolute atomic E-state index is 12.9. The molecule has 3 aliphatic rings. The molecule has 0 unspecified atom stereocenters. The van der Waals surface area contributed by atoms with Crippen molar-refractivity contribution in [3.05, 3.63) is 27.9 Å². The van der Waals surface area contributed by atoms with Crippen molar-refractivity contribution in [1.82, 2.24) is 10.1 Å². The van der Waals surface area contributed by atoms with Crippen LogP contribution in [0.4, 0.5) is 9.80 Å². The van der Waals surface area contributed by atoms with Crippen molar-refractivity contribution < 1.29 is 24.3 Å². The molecule has 3 aliphatic carbocycles. The molecule has 0 radical (unpaired) electrons. The minimum Gasteiger partial charge on any atom is -0.450 e. The number of allylic oxidation sites excluding steroid dienone is 1. The van der Waals surface area contributed by atoms with Crippen molar-refractivity contribution >= 4 is 28.4 Å². The molecule has 32 heavy (non-hydrogen) atoms. The van der Waals surface area contributed by atoms with Crippen LogP contribution in [0.1, 0.15) is 81.0 Å². The number of anilines is 1. The number of hydrogen-bond donors (Lipinski definition) is 3. The number of aromatic nitrogens is 2. The molecule has 0 aliphatic heterocycles. The molecule has 0 aromatic carbocycles. The summed E-state index contributed by atoms with van der Waals surface area (Å²) in [6, 6.07) is 0. The first-order valence-corrected chi connectivity index (χ1v) is 12.0. The van der Waals surface area contributed by atoms with Gasteiger partial charge in [-0.2, -0.15) is 4.98 Å². The normalized spacial score (nSPS) is 19.2. The summed E-state index contributed by atoms with van der Waals surface area (Å²) < 4.78 is 5.69. The third-order valence-electron chi connectivity index (χ3n) is 6.18. The second-order valence-electron chi connectivity index (χ2n) is 9.49. The number of carbonyl (C=O) groups is 2. The van der Waals surface area contributed by atoms with Gasteiger partial charge in [0.25, 0.3) is 11.8 Å². The first-order valence-electron chi connectivity index (χ1n) is 11.1. The summed E-state index contributed by atoms with van der Waals surface area (Å²) in [6.07, 6.45) is 9.87. The Bertz CT molecular complexity index is 1040. The maximum Gasteiger partial charge on any atom is 0.503 e. The highest BCUT2D eigenvalue weighted by Gasteiger charge is 2.35. The second-order valence-corrected chi connectivity index (χ2v) is 10.6. The van der Waals surface area contributed by atoms with Crippen LogP contribution in [0.15, 0.2) is 16.2 Å². The van der Waals surface area contributed by atoms with Gasteiger partial charge in [0, 0.05) is 16.4 Å². The highest BCUT2D eigenvalue weighted by molar-refractivity contribution is 7.17. The van der Waals surface area contributed by atoms with Gasteiger partial charge in [-0.15, -0.1) is 11.3 Å². The molecule has 5 rings (SSSR count). The molecule has 1 saturated carbocycles. The molecule has 9 heteroatoms. The smallest absolute Gasteiger partial charge is 0.450 e. The van der Waals surface area contributed by atoms with Crippen LogP contribution in [0.2, 0.25) is 0 Å². The van der Waals surface area contributed by atoms with Crippen LogP contribution >= 0.6 is 11.3 Å². The lowest BCUT2D eigenvalue weighted by Crippen LogP contribution is -2.21. The summed E-state index contributed by atoms with van der Waals surface area (Å²) >= 11 is 1.70. The van der Waals surface area contributed by atoms with Crippen LogP contribution in [0.3, 0.4) is 0 Å². The standard InChI is InChI=1S/C22H27N3O2S.CH2O3/c1-22(2)11-10-16-15(12-22)17(20-23-18(25-27-20)13-8-9-13)21(28-16)24-19(26)14-6-4-3-5-7-14;2-1(3)4/h6,13H,3-5,7-12H2,1-2H3,(H,24,26);(H2,2,3,4). The molecule has 0 atom stereocenters. The van der Waals surface area contributed by atoms with Crippen molar-refractivity contribution in [2.75, 3.05) is 5.32 Å². The molecular weight excluding hydrogens is 430 g/mol. The fourth-order valence-corrected chi connectivity index (χ4v) is 5.51. The first-order chi connectivity index (χ1) is 15.2. The van der Waals surface area contributed by atoms with Crippen molar-refractivity contribution in [2.45, 2.75) is 77.6 Å². The average Bonchev–Trinajstić information content (AvgIpc) is 3.37. The Balaban J connectivity index is 0.000000567. The molecule has 2 aromatic rings. The van der Waals surface area contributed by atoms with E-state index in [1.54, 1.807) is 11.3 Å². The van der Waals surface area contributed by atoms with Gasteiger partial charge in [-0.1, -0.05) is 25.1 Å². The second kappa shape index (κ2) is 9.05. The number of nitrogens with one attached hydrogen (secondary N) is 1. The Kier molecular flexibility index (Phi) is 6.37. The first kappa shape index (κ1) is 22.5. The van der Waals surface area contributed by atoms with E-state index in [0.717, 1.165) is 73.3 Å². The topological polar surface area (TPSA) is 126 Å². The Morgan fingerprint density at radius 3 is 2.62 bits per heavy atom. The molecule has 2 aromatic heterocycles. The van der Waals surface area contributed by atoms with Crippen LogP contribution in [0.5, 0.6) is 0 Å². The summed E-state index contributed by atoms with van der Waals surface area (Å²) in [7, 11) is 0. The summed E-state index contributed by atoms with van der Waals surface area (Å²) in [5, 5.41) is 22.2. The van der Waals surface area contributed by atoms with Gasteiger partial charge in [0.2, 0.25) is 0 Å². The number of rotatable bonds is 4. The third-order valence-corrected chi connectivity index (χ3v) is 7.39. The van der Waals surface area contributed by atoms with E-state index in [0.29, 0.717) is 11.8 Å². The van der Waals surface area contributed by atoms with E-state index in [9.17, 15) is 4.79 Å². The summed E-state index contributed by atoms with van der Waals surface area (Å²) in [4.78, 5) is 27.5.